The minimum atomic E-state index is 0.322. The van der Waals surface area contributed by atoms with Crippen molar-refractivity contribution in [3.05, 3.63) is 54.0 Å². The molecule has 0 aliphatic carbocycles. The summed E-state index contributed by atoms with van der Waals surface area (Å²) in [4.78, 5) is 1.33. The van der Waals surface area contributed by atoms with Gasteiger partial charge in [0.05, 0.1) is 12.8 Å². The number of benzene rings is 1. The van der Waals surface area contributed by atoms with Crippen molar-refractivity contribution in [3.8, 4) is 0 Å². The van der Waals surface area contributed by atoms with Gasteiger partial charge in [0, 0.05) is 16.2 Å². The number of nitrogens with one attached hydrogen (secondary N) is 1. The molecule has 1 aromatic heterocycles. The van der Waals surface area contributed by atoms with E-state index in [1.165, 1.54) is 10.5 Å². The summed E-state index contributed by atoms with van der Waals surface area (Å²) < 4.78 is 5.32. The standard InChI is InChI=1S/C16H21NOS/c1-12(2)19-16-8-6-14(7-9-16)13(3)17-11-15-5-4-10-18-15/h4-10,12-13,17H,11H2,1-3H3. The smallest absolute Gasteiger partial charge is 0.117 e. The molecule has 0 saturated carbocycles. The lowest BCUT2D eigenvalue weighted by Gasteiger charge is -2.14. The largest absolute Gasteiger partial charge is 0.468 e. The van der Waals surface area contributed by atoms with Crippen LogP contribution >= 0.6 is 11.8 Å². The van der Waals surface area contributed by atoms with Gasteiger partial charge in [-0.2, -0.15) is 0 Å². The van der Waals surface area contributed by atoms with E-state index in [1.54, 1.807) is 6.26 Å². The van der Waals surface area contributed by atoms with E-state index in [9.17, 15) is 0 Å². The van der Waals surface area contributed by atoms with E-state index in [2.05, 4.69) is 50.4 Å². The fourth-order valence-corrected chi connectivity index (χ4v) is 2.73. The van der Waals surface area contributed by atoms with Gasteiger partial charge in [-0.15, -0.1) is 11.8 Å². The van der Waals surface area contributed by atoms with Crippen molar-refractivity contribution in [2.45, 2.75) is 43.5 Å². The first-order valence-electron chi connectivity index (χ1n) is 6.67. The monoisotopic (exact) mass is 275 g/mol. The van der Waals surface area contributed by atoms with E-state index in [1.807, 2.05) is 23.9 Å². The van der Waals surface area contributed by atoms with Crippen LogP contribution in [0.4, 0.5) is 0 Å². The fraction of sp³-hybridized carbons (Fsp3) is 0.375. The van der Waals surface area contributed by atoms with Crippen LogP contribution in [0.1, 0.15) is 38.1 Å². The van der Waals surface area contributed by atoms with E-state index >= 15 is 0 Å². The lowest BCUT2D eigenvalue weighted by molar-refractivity contribution is 0.460. The molecule has 1 unspecified atom stereocenters. The number of furan rings is 1. The molecule has 102 valence electrons. The van der Waals surface area contributed by atoms with Gasteiger partial charge < -0.3 is 9.73 Å². The molecule has 1 atom stereocenters. The second-order valence-electron chi connectivity index (χ2n) is 4.92. The maximum Gasteiger partial charge on any atom is 0.117 e. The summed E-state index contributed by atoms with van der Waals surface area (Å²) in [6, 6.07) is 13.0. The highest BCUT2D eigenvalue weighted by molar-refractivity contribution is 7.99. The molecule has 3 heteroatoms. The number of rotatable bonds is 6. The van der Waals surface area contributed by atoms with Crippen molar-refractivity contribution in [3.63, 3.8) is 0 Å². The van der Waals surface area contributed by atoms with E-state index in [-0.39, 0.29) is 0 Å². The SMILES string of the molecule is CC(C)Sc1ccc(C(C)NCc2ccco2)cc1. The third-order valence-electron chi connectivity index (χ3n) is 2.91. The summed E-state index contributed by atoms with van der Waals surface area (Å²) in [5, 5.41) is 4.09. The van der Waals surface area contributed by atoms with Crippen molar-refractivity contribution < 1.29 is 4.42 Å². The van der Waals surface area contributed by atoms with E-state index in [0.29, 0.717) is 11.3 Å². The van der Waals surface area contributed by atoms with Gasteiger partial charge in [-0.1, -0.05) is 26.0 Å². The molecule has 0 bridgehead atoms. The normalized spacial score (nSPS) is 12.8. The molecule has 0 amide bonds. The minimum Gasteiger partial charge on any atom is -0.468 e. The van der Waals surface area contributed by atoms with Gasteiger partial charge in [-0.05, 0) is 36.8 Å². The summed E-state index contributed by atoms with van der Waals surface area (Å²) in [6.07, 6.45) is 1.71. The Bertz CT molecular complexity index is 476. The molecule has 1 N–H and O–H groups in total. The Kier molecular flexibility index (Phi) is 5.11. The molecule has 2 rings (SSSR count). The van der Waals surface area contributed by atoms with Crippen LogP contribution in [-0.2, 0) is 6.54 Å². The quantitative estimate of drug-likeness (QED) is 0.778. The van der Waals surface area contributed by atoms with Crippen molar-refractivity contribution in [1.82, 2.24) is 5.32 Å². The number of thioether (sulfide) groups is 1. The Morgan fingerprint density at radius 2 is 1.84 bits per heavy atom. The van der Waals surface area contributed by atoms with Crippen LogP contribution in [0, 0.1) is 0 Å². The average molecular weight is 275 g/mol. The van der Waals surface area contributed by atoms with Crippen LogP contribution in [0.25, 0.3) is 0 Å². The Labute approximate surface area is 119 Å². The Hall–Kier alpha value is -1.19. The van der Waals surface area contributed by atoms with Crippen LogP contribution in [0.15, 0.2) is 52.0 Å². The third kappa shape index (κ3) is 4.44. The molecule has 2 nitrogen and oxygen atoms in total. The fourth-order valence-electron chi connectivity index (χ4n) is 1.89. The summed E-state index contributed by atoms with van der Waals surface area (Å²) in [5.41, 5.74) is 1.31. The molecular weight excluding hydrogens is 254 g/mol. The highest BCUT2D eigenvalue weighted by atomic mass is 32.2. The number of hydrogen-bond donors (Lipinski definition) is 1. The lowest BCUT2D eigenvalue weighted by Crippen LogP contribution is -2.17. The molecule has 0 spiro atoms. The molecule has 1 aromatic carbocycles. The molecule has 0 aliphatic rings. The molecule has 0 fully saturated rings. The highest BCUT2D eigenvalue weighted by Crippen LogP contribution is 2.24. The molecule has 0 aliphatic heterocycles. The van der Waals surface area contributed by atoms with E-state index in [4.69, 9.17) is 4.42 Å². The number of hydrogen-bond acceptors (Lipinski definition) is 3. The van der Waals surface area contributed by atoms with Gasteiger partial charge in [0.2, 0.25) is 0 Å². The molecule has 0 saturated heterocycles. The van der Waals surface area contributed by atoms with Gasteiger partial charge in [-0.25, -0.2) is 0 Å². The van der Waals surface area contributed by atoms with E-state index < -0.39 is 0 Å². The predicted octanol–water partition coefficient (Wildman–Crippen LogP) is 4.63. The zero-order valence-corrected chi connectivity index (χ0v) is 12.5. The summed E-state index contributed by atoms with van der Waals surface area (Å²) in [7, 11) is 0. The summed E-state index contributed by atoms with van der Waals surface area (Å²) >= 11 is 1.89. The third-order valence-corrected chi connectivity index (χ3v) is 3.93. The van der Waals surface area contributed by atoms with Crippen LogP contribution in [0.3, 0.4) is 0 Å². The molecular formula is C16H21NOS. The molecule has 1 heterocycles. The van der Waals surface area contributed by atoms with Crippen molar-refractivity contribution in [2.24, 2.45) is 0 Å². The zero-order chi connectivity index (χ0) is 13.7. The molecule has 2 aromatic rings. The maximum absolute atomic E-state index is 5.32. The highest BCUT2D eigenvalue weighted by Gasteiger charge is 2.06. The minimum absolute atomic E-state index is 0.322. The Morgan fingerprint density at radius 1 is 1.11 bits per heavy atom. The van der Waals surface area contributed by atoms with Crippen molar-refractivity contribution in [1.29, 1.82) is 0 Å². The summed E-state index contributed by atoms with van der Waals surface area (Å²) in [6.45, 7) is 7.36. The van der Waals surface area contributed by atoms with Crippen LogP contribution in [0.2, 0.25) is 0 Å². The van der Waals surface area contributed by atoms with Gasteiger partial charge in [0.25, 0.3) is 0 Å². The topological polar surface area (TPSA) is 25.2 Å². The van der Waals surface area contributed by atoms with Gasteiger partial charge >= 0.3 is 0 Å². The lowest BCUT2D eigenvalue weighted by atomic mass is 10.1. The van der Waals surface area contributed by atoms with Crippen molar-refractivity contribution >= 4 is 11.8 Å². The van der Waals surface area contributed by atoms with Crippen LogP contribution in [0.5, 0.6) is 0 Å². The second kappa shape index (κ2) is 6.83. The van der Waals surface area contributed by atoms with Crippen molar-refractivity contribution in [2.75, 3.05) is 0 Å². The van der Waals surface area contributed by atoms with Crippen LogP contribution < -0.4 is 5.32 Å². The maximum atomic E-state index is 5.32. The van der Waals surface area contributed by atoms with Crippen LogP contribution in [-0.4, -0.2) is 5.25 Å². The average Bonchev–Trinajstić information content (AvgIpc) is 2.89. The first-order chi connectivity index (χ1) is 9.15. The van der Waals surface area contributed by atoms with Gasteiger partial charge in [0.15, 0.2) is 0 Å². The van der Waals surface area contributed by atoms with Gasteiger partial charge in [-0.3, -0.25) is 0 Å². The predicted molar refractivity (Wildman–Crippen MR) is 81.4 cm³/mol. The summed E-state index contributed by atoms with van der Waals surface area (Å²) in [5.74, 6) is 0.971. The zero-order valence-electron chi connectivity index (χ0n) is 11.7. The van der Waals surface area contributed by atoms with E-state index in [0.717, 1.165) is 12.3 Å². The second-order valence-corrected chi connectivity index (χ2v) is 6.57. The Balaban J connectivity index is 1.90. The first kappa shape index (κ1) is 14.2. The Morgan fingerprint density at radius 3 is 2.42 bits per heavy atom. The molecule has 0 radical (unpaired) electrons. The first-order valence-corrected chi connectivity index (χ1v) is 7.55. The van der Waals surface area contributed by atoms with Gasteiger partial charge in [0.1, 0.15) is 5.76 Å². The molecule has 19 heavy (non-hydrogen) atoms.